The van der Waals surface area contributed by atoms with Gasteiger partial charge in [-0.05, 0) is 18.2 Å². The molecule has 0 atom stereocenters. The summed E-state index contributed by atoms with van der Waals surface area (Å²) in [4.78, 5) is 22.0. The lowest BCUT2D eigenvalue weighted by atomic mass is 10.3. The van der Waals surface area contributed by atoms with E-state index in [1.807, 2.05) is 0 Å². The average molecular weight is 273 g/mol. The van der Waals surface area contributed by atoms with E-state index in [2.05, 4.69) is 5.10 Å². The Labute approximate surface area is 105 Å². The van der Waals surface area contributed by atoms with E-state index in [4.69, 9.17) is 28.3 Å². The minimum atomic E-state index is -1.30. The zero-order valence-electron chi connectivity index (χ0n) is 8.28. The molecule has 2 aromatic rings. The molecule has 0 spiro atoms. The van der Waals surface area contributed by atoms with Crippen molar-refractivity contribution in [3.05, 3.63) is 50.4 Å². The molecule has 1 heterocycles. The van der Waals surface area contributed by atoms with Crippen LogP contribution < -0.4 is 5.56 Å². The number of hydrogen-bond acceptors (Lipinski definition) is 2. The van der Waals surface area contributed by atoms with Crippen LogP contribution >= 0.6 is 23.2 Å². The van der Waals surface area contributed by atoms with Crippen LogP contribution in [0.25, 0.3) is 5.69 Å². The molecule has 2 rings (SSSR count). The number of nitrogens with one attached hydrogen (secondary N) is 1. The van der Waals surface area contributed by atoms with E-state index < -0.39 is 11.5 Å². The highest BCUT2D eigenvalue weighted by Gasteiger charge is 2.13. The number of benzene rings is 1. The summed E-state index contributed by atoms with van der Waals surface area (Å²) in [5, 5.41) is 11.9. The van der Waals surface area contributed by atoms with Crippen LogP contribution in [0, 0.1) is 0 Å². The van der Waals surface area contributed by atoms with Crippen LogP contribution in [0.1, 0.15) is 10.4 Å². The van der Waals surface area contributed by atoms with Crippen LogP contribution in [0.2, 0.25) is 10.0 Å². The first-order valence-electron chi connectivity index (χ1n) is 4.49. The minimum absolute atomic E-state index is 0.306. The molecule has 7 heteroatoms. The lowest BCUT2D eigenvalue weighted by Gasteiger charge is -2.04. The van der Waals surface area contributed by atoms with Gasteiger partial charge in [0.05, 0.1) is 10.7 Å². The summed E-state index contributed by atoms with van der Waals surface area (Å²) in [7, 11) is 0. The van der Waals surface area contributed by atoms with Gasteiger partial charge >= 0.3 is 5.97 Å². The Morgan fingerprint density at radius 1 is 1.35 bits per heavy atom. The van der Waals surface area contributed by atoms with E-state index in [-0.39, 0.29) is 5.56 Å². The van der Waals surface area contributed by atoms with Crippen molar-refractivity contribution in [3.8, 4) is 5.69 Å². The van der Waals surface area contributed by atoms with Crippen LogP contribution in [0.5, 0.6) is 0 Å². The van der Waals surface area contributed by atoms with Gasteiger partial charge in [-0.3, -0.25) is 14.6 Å². The second-order valence-electron chi connectivity index (χ2n) is 3.25. The topological polar surface area (TPSA) is 75.1 Å². The Kier molecular flexibility index (Phi) is 2.95. The summed E-state index contributed by atoms with van der Waals surface area (Å²) in [6.45, 7) is 0. The van der Waals surface area contributed by atoms with Gasteiger partial charge in [-0.2, -0.15) is 0 Å². The van der Waals surface area contributed by atoms with Crippen LogP contribution in [0.3, 0.4) is 0 Å². The molecular formula is C10H6Cl2N2O3. The molecule has 0 amide bonds. The fraction of sp³-hybridized carbons (Fsp3) is 0. The van der Waals surface area contributed by atoms with E-state index in [0.29, 0.717) is 15.7 Å². The molecule has 0 saturated carbocycles. The molecule has 0 fully saturated rings. The third-order valence-electron chi connectivity index (χ3n) is 2.12. The Bertz CT molecular complexity index is 645. The number of carboxylic acids is 1. The number of aromatic carboxylic acids is 1. The maximum absolute atomic E-state index is 11.3. The highest BCUT2D eigenvalue weighted by Crippen LogP contribution is 2.23. The molecule has 0 aliphatic rings. The Morgan fingerprint density at radius 3 is 2.59 bits per heavy atom. The van der Waals surface area contributed by atoms with E-state index >= 15 is 0 Å². The molecule has 0 aliphatic carbocycles. The molecule has 1 aromatic heterocycles. The highest BCUT2D eigenvalue weighted by molar-refractivity contribution is 6.35. The molecule has 17 heavy (non-hydrogen) atoms. The van der Waals surface area contributed by atoms with E-state index in [9.17, 15) is 9.59 Å². The average Bonchev–Trinajstić information content (AvgIpc) is 2.60. The molecule has 2 N–H and O–H groups in total. The van der Waals surface area contributed by atoms with Crippen molar-refractivity contribution in [1.82, 2.24) is 9.78 Å². The van der Waals surface area contributed by atoms with Gasteiger partial charge in [0.25, 0.3) is 5.56 Å². The second kappa shape index (κ2) is 4.27. The largest absolute Gasteiger partial charge is 0.477 e. The third kappa shape index (κ3) is 2.20. The van der Waals surface area contributed by atoms with Crippen LogP contribution in [0.15, 0.2) is 29.2 Å². The molecule has 0 unspecified atom stereocenters. The predicted molar refractivity (Wildman–Crippen MR) is 63.4 cm³/mol. The van der Waals surface area contributed by atoms with Gasteiger partial charge in [0.15, 0.2) is 0 Å². The first kappa shape index (κ1) is 11.8. The Balaban J connectivity index is 2.58. The van der Waals surface area contributed by atoms with Crippen molar-refractivity contribution in [2.75, 3.05) is 0 Å². The first-order valence-corrected chi connectivity index (χ1v) is 5.25. The number of rotatable bonds is 2. The van der Waals surface area contributed by atoms with Crippen molar-refractivity contribution in [3.63, 3.8) is 0 Å². The van der Waals surface area contributed by atoms with Crippen molar-refractivity contribution in [2.24, 2.45) is 0 Å². The lowest BCUT2D eigenvalue weighted by molar-refractivity contribution is 0.0695. The SMILES string of the molecule is O=C(O)c1cn(-c2ccc(Cl)cc2Cl)[nH]c1=O. The van der Waals surface area contributed by atoms with Crippen LogP contribution in [-0.2, 0) is 0 Å². The van der Waals surface area contributed by atoms with Crippen LogP contribution in [0.4, 0.5) is 0 Å². The molecule has 0 saturated heterocycles. The summed E-state index contributed by atoms with van der Waals surface area (Å²) in [6, 6.07) is 4.66. The van der Waals surface area contributed by atoms with Crippen molar-refractivity contribution in [1.29, 1.82) is 0 Å². The number of aromatic amines is 1. The number of halogens is 2. The molecule has 0 radical (unpaired) electrons. The van der Waals surface area contributed by atoms with E-state index in [1.54, 1.807) is 12.1 Å². The van der Waals surface area contributed by atoms with E-state index in [1.165, 1.54) is 16.9 Å². The minimum Gasteiger partial charge on any atom is -0.477 e. The maximum Gasteiger partial charge on any atom is 0.342 e. The van der Waals surface area contributed by atoms with Gasteiger partial charge in [-0.15, -0.1) is 0 Å². The number of H-pyrrole nitrogens is 1. The second-order valence-corrected chi connectivity index (χ2v) is 4.10. The molecule has 88 valence electrons. The quantitative estimate of drug-likeness (QED) is 0.880. The van der Waals surface area contributed by atoms with Crippen molar-refractivity contribution in [2.45, 2.75) is 0 Å². The standard InChI is InChI=1S/C10H6Cl2N2O3/c11-5-1-2-8(7(12)3-5)14-4-6(10(16)17)9(15)13-14/h1-4H,(H,13,15)(H,16,17). The molecule has 0 bridgehead atoms. The first-order chi connectivity index (χ1) is 7.99. The zero-order valence-corrected chi connectivity index (χ0v) is 9.79. The van der Waals surface area contributed by atoms with Gasteiger partial charge in [-0.25, -0.2) is 4.79 Å². The van der Waals surface area contributed by atoms with Gasteiger partial charge in [0.1, 0.15) is 5.56 Å². The smallest absolute Gasteiger partial charge is 0.342 e. The van der Waals surface area contributed by atoms with Crippen molar-refractivity contribution < 1.29 is 9.90 Å². The van der Waals surface area contributed by atoms with Crippen LogP contribution in [-0.4, -0.2) is 20.9 Å². The molecule has 0 aliphatic heterocycles. The number of aromatic nitrogens is 2. The fourth-order valence-corrected chi connectivity index (χ4v) is 1.85. The van der Waals surface area contributed by atoms with E-state index in [0.717, 1.165) is 0 Å². The maximum atomic E-state index is 11.3. The van der Waals surface area contributed by atoms with Gasteiger partial charge in [0, 0.05) is 11.2 Å². The Morgan fingerprint density at radius 2 is 2.06 bits per heavy atom. The molecular weight excluding hydrogens is 267 g/mol. The molecule has 1 aromatic carbocycles. The lowest BCUT2D eigenvalue weighted by Crippen LogP contribution is -2.11. The highest BCUT2D eigenvalue weighted by atomic mass is 35.5. The summed E-state index contributed by atoms with van der Waals surface area (Å²) in [5.74, 6) is -1.30. The summed E-state index contributed by atoms with van der Waals surface area (Å²) in [6.07, 6.45) is 1.17. The molecule has 5 nitrogen and oxygen atoms in total. The number of nitrogens with zero attached hydrogens (tertiary/aromatic N) is 1. The fourth-order valence-electron chi connectivity index (χ4n) is 1.35. The summed E-state index contributed by atoms with van der Waals surface area (Å²) in [5.41, 5.74) is -0.597. The van der Waals surface area contributed by atoms with Crippen molar-refractivity contribution >= 4 is 29.2 Å². The number of carbonyl (C=O) groups is 1. The number of carboxylic acid groups (broad SMARTS) is 1. The van der Waals surface area contributed by atoms with Gasteiger partial charge in [0.2, 0.25) is 0 Å². The Hall–Kier alpha value is -1.72. The third-order valence-corrected chi connectivity index (χ3v) is 2.66. The van der Waals surface area contributed by atoms with Gasteiger partial charge < -0.3 is 5.11 Å². The van der Waals surface area contributed by atoms with Gasteiger partial charge in [-0.1, -0.05) is 23.2 Å². The summed E-state index contributed by atoms with van der Waals surface area (Å²) < 4.78 is 1.24. The normalized spacial score (nSPS) is 10.5. The summed E-state index contributed by atoms with van der Waals surface area (Å²) >= 11 is 11.7. The monoisotopic (exact) mass is 272 g/mol. The zero-order chi connectivity index (χ0) is 12.6. The predicted octanol–water partition coefficient (Wildman–Crippen LogP) is 2.17. The number of hydrogen-bond donors (Lipinski definition) is 2.